The summed E-state index contributed by atoms with van der Waals surface area (Å²) in [5, 5.41) is 23.0. The lowest BCUT2D eigenvalue weighted by Gasteiger charge is -2.13. The van der Waals surface area contributed by atoms with Crippen LogP contribution in [0.5, 0.6) is 11.5 Å². The van der Waals surface area contributed by atoms with Crippen molar-refractivity contribution >= 4 is 29.4 Å². The Bertz CT molecular complexity index is 1170. The lowest BCUT2D eigenvalue weighted by atomic mass is 10.0. The number of carbonyl (C=O) groups is 3. The molecule has 0 fully saturated rings. The lowest BCUT2D eigenvalue weighted by molar-refractivity contribution is -0.135. The number of benzene rings is 2. The average Bonchev–Trinajstić information content (AvgIpc) is 3.23. The smallest absolute Gasteiger partial charge is 0.315 e. The molecule has 2 aromatic carbocycles. The number of ether oxygens (including phenoxy) is 1. The SMILES string of the molecule is CNc1nnc(-c2cc(O)ccc2NC(=O)c2ccccc2OC(=O)CC(C)CC(C)=O)o1. The van der Waals surface area contributed by atoms with Gasteiger partial charge in [0.2, 0.25) is 0 Å². The maximum atomic E-state index is 13.0. The Morgan fingerprint density at radius 1 is 1.12 bits per heavy atom. The molecule has 10 nitrogen and oxygen atoms in total. The molecule has 1 unspecified atom stereocenters. The largest absolute Gasteiger partial charge is 0.508 e. The van der Waals surface area contributed by atoms with Gasteiger partial charge in [0.05, 0.1) is 16.8 Å². The number of hydrogen-bond acceptors (Lipinski definition) is 9. The van der Waals surface area contributed by atoms with Gasteiger partial charge in [-0.25, -0.2) is 0 Å². The van der Waals surface area contributed by atoms with Crippen molar-refractivity contribution in [3.63, 3.8) is 0 Å². The first kappa shape index (κ1) is 23.5. The van der Waals surface area contributed by atoms with Gasteiger partial charge in [-0.2, -0.15) is 0 Å². The third-order valence-corrected chi connectivity index (χ3v) is 4.63. The number of aromatic hydroxyl groups is 1. The Morgan fingerprint density at radius 2 is 1.88 bits per heavy atom. The lowest BCUT2D eigenvalue weighted by Crippen LogP contribution is -2.18. The van der Waals surface area contributed by atoms with Crippen LogP contribution in [0.15, 0.2) is 46.9 Å². The molecule has 3 aromatic rings. The van der Waals surface area contributed by atoms with Gasteiger partial charge >= 0.3 is 12.0 Å². The number of hydrogen-bond donors (Lipinski definition) is 3. The standard InChI is InChI=1S/C23H24N4O6/c1-13(10-14(2)28)11-20(30)32-19-7-5-4-6-16(19)21(31)25-18-9-8-15(29)12-17(18)22-26-27-23(24-3)33-22/h4-9,12-13,29H,10-11H2,1-3H3,(H,24,27)(H,25,31). The fourth-order valence-electron chi connectivity index (χ4n) is 3.20. The van der Waals surface area contributed by atoms with Crippen molar-refractivity contribution in [2.45, 2.75) is 26.7 Å². The second-order valence-electron chi connectivity index (χ2n) is 7.53. The Labute approximate surface area is 190 Å². The molecule has 0 aliphatic rings. The molecule has 172 valence electrons. The average molecular weight is 452 g/mol. The van der Waals surface area contributed by atoms with Crippen molar-refractivity contribution in [3.05, 3.63) is 48.0 Å². The van der Waals surface area contributed by atoms with Crippen LogP contribution in [0.2, 0.25) is 0 Å². The van der Waals surface area contributed by atoms with Gasteiger partial charge < -0.3 is 29.7 Å². The zero-order valence-electron chi connectivity index (χ0n) is 18.4. The minimum Gasteiger partial charge on any atom is -0.508 e. The van der Waals surface area contributed by atoms with Gasteiger partial charge in [0.25, 0.3) is 11.8 Å². The van der Waals surface area contributed by atoms with E-state index in [2.05, 4.69) is 20.8 Å². The second kappa shape index (κ2) is 10.4. The summed E-state index contributed by atoms with van der Waals surface area (Å²) >= 11 is 0. The highest BCUT2D eigenvalue weighted by atomic mass is 16.5. The third kappa shape index (κ3) is 6.16. The number of para-hydroxylation sites is 1. The summed E-state index contributed by atoms with van der Waals surface area (Å²) in [6.07, 6.45) is 0.314. The molecular formula is C23H24N4O6. The fraction of sp³-hybridized carbons (Fsp3) is 0.261. The number of aromatic nitrogens is 2. The highest BCUT2D eigenvalue weighted by molar-refractivity contribution is 6.08. The van der Waals surface area contributed by atoms with E-state index >= 15 is 0 Å². The van der Waals surface area contributed by atoms with Crippen LogP contribution < -0.4 is 15.4 Å². The van der Waals surface area contributed by atoms with Crippen molar-refractivity contribution < 1.29 is 28.6 Å². The Balaban J connectivity index is 1.81. The van der Waals surface area contributed by atoms with Crippen LogP contribution in [0.3, 0.4) is 0 Å². The number of amides is 1. The molecule has 3 N–H and O–H groups in total. The van der Waals surface area contributed by atoms with Gasteiger partial charge in [0.15, 0.2) is 0 Å². The van der Waals surface area contributed by atoms with Crippen molar-refractivity contribution in [1.82, 2.24) is 10.2 Å². The summed E-state index contributed by atoms with van der Waals surface area (Å²) in [6, 6.07) is 10.7. The number of Topliss-reactive ketones (excluding diaryl/α,β-unsaturated/α-hetero) is 1. The van der Waals surface area contributed by atoms with Crippen LogP contribution >= 0.6 is 0 Å². The van der Waals surface area contributed by atoms with E-state index in [4.69, 9.17) is 9.15 Å². The number of rotatable bonds is 9. The maximum absolute atomic E-state index is 13.0. The van der Waals surface area contributed by atoms with Crippen LogP contribution in [0, 0.1) is 5.92 Å². The molecule has 1 aromatic heterocycles. The molecule has 1 amide bonds. The van der Waals surface area contributed by atoms with Crippen LogP contribution in [0.25, 0.3) is 11.5 Å². The van der Waals surface area contributed by atoms with E-state index < -0.39 is 11.9 Å². The van der Waals surface area contributed by atoms with E-state index in [1.54, 1.807) is 26.1 Å². The molecule has 3 rings (SSSR count). The summed E-state index contributed by atoms with van der Waals surface area (Å²) in [5.74, 6) is -1.15. The number of nitrogens with zero attached hydrogens (tertiary/aromatic N) is 2. The number of carbonyl (C=O) groups excluding carboxylic acids is 3. The molecule has 33 heavy (non-hydrogen) atoms. The maximum Gasteiger partial charge on any atom is 0.315 e. The van der Waals surface area contributed by atoms with Gasteiger partial charge in [-0.1, -0.05) is 24.2 Å². The summed E-state index contributed by atoms with van der Waals surface area (Å²) < 4.78 is 10.9. The van der Waals surface area contributed by atoms with Gasteiger partial charge in [0.1, 0.15) is 17.3 Å². The number of phenols is 1. The Kier molecular flexibility index (Phi) is 7.39. The van der Waals surface area contributed by atoms with Crippen LogP contribution in [-0.2, 0) is 9.59 Å². The van der Waals surface area contributed by atoms with E-state index in [-0.39, 0.29) is 53.5 Å². The predicted molar refractivity (Wildman–Crippen MR) is 120 cm³/mol. The van der Waals surface area contributed by atoms with Gasteiger partial charge in [0, 0.05) is 19.9 Å². The van der Waals surface area contributed by atoms with E-state index in [0.717, 1.165) is 0 Å². The molecule has 10 heteroatoms. The van der Waals surface area contributed by atoms with Gasteiger partial charge in [-0.05, 0) is 43.2 Å². The minimum absolute atomic E-state index is 0.0112. The highest BCUT2D eigenvalue weighted by Gasteiger charge is 2.20. The highest BCUT2D eigenvalue weighted by Crippen LogP contribution is 2.32. The topological polar surface area (TPSA) is 144 Å². The zero-order chi connectivity index (χ0) is 24.0. The van der Waals surface area contributed by atoms with Crippen LogP contribution in [-0.4, -0.2) is 40.0 Å². The normalized spacial score (nSPS) is 11.5. The molecule has 0 aliphatic heterocycles. The molecule has 1 atom stereocenters. The van der Waals surface area contributed by atoms with Crippen molar-refractivity contribution in [3.8, 4) is 23.0 Å². The van der Waals surface area contributed by atoms with Gasteiger partial charge in [-0.15, -0.1) is 5.10 Å². The third-order valence-electron chi connectivity index (χ3n) is 4.63. The fourth-order valence-corrected chi connectivity index (χ4v) is 3.20. The summed E-state index contributed by atoms with van der Waals surface area (Å²) in [4.78, 5) is 36.6. The first-order chi connectivity index (χ1) is 15.8. The first-order valence-corrected chi connectivity index (χ1v) is 10.2. The second-order valence-corrected chi connectivity index (χ2v) is 7.53. The number of anilines is 2. The molecule has 0 bridgehead atoms. The number of phenolic OH excluding ortho intramolecular Hbond substituents is 1. The minimum atomic E-state index is -0.546. The van der Waals surface area contributed by atoms with Crippen molar-refractivity contribution in [2.24, 2.45) is 5.92 Å². The van der Waals surface area contributed by atoms with Crippen molar-refractivity contribution in [2.75, 3.05) is 17.7 Å². The van der Waals surface area contributed by atoms with E-state index in [0.29, 0.717) is 11.3 Å². The Morgan fingerprint density at radius 3 is 2.58 bits per heavy atom. The van der Waals surface area contributed by atoms with E-state index in [1.165, 1.54) is 37.3 Å². The molecule has 0 saturated carbocycles. The Hall–Kier alpha value is -4.21. The molecular weight excluding hydrogens is 428 g/mol. The molecule has 0 radical (unpaired) electrons. The first-order valence-electron chi connectivity index (χ1n) is 10.2. The van der Waals surface area contributed by atoms with E-state index in [1.807, 2.05) is 0 Å². The summed E-state index contributed by atoms with van der Waals surface area (Å²) in [5.41, 5.74) is 0.746. The zero-order valence-corrected chi connectivity index (χ0v) is 18.4. The van der Waals surface area contributed by atoms with Crippen LogP contribution in [0.1, 0.15) is 37.0 Å². The number of esters is 1. The van der Waals surface area contributed by atoms with Gasteiger partial charge in [-0.3, -0.25) is 9.59 Å². The van der Waals surface area contributed by atoms with E-state index in [9.17, 15) is 19.5 Å². The number of nitrogens with one attached hydrogen (secondary N) is 2. The van der Waals surface area contributed by atoms with Crippen molar-refractivity contribution in [1.29, 1.82) is 0 Å². The van der Waals surface area contributed by atoms with Crippen LogP contribution in [0.4, 0.5) is 11.7 Å². The predicted octanol–water partition coefficient (Wildman–Crippen LogP) is 3.65. The monoisotopic (exact) mass is 452 g/mol. The summed E-state index contributed by atoms with van der Waals surface area (Å²) in [6.45, 7) is 3.25. The number of ketones is 1. The molecule has 0 saturated heterocycles. The molecule has 1 heterocycles. The molecule has 0 aliphatic carbocycles. The summed E-state index contributed by atoms with van der Waals surface area (Å²) in [7, 11) is 1.61. The quantitative estimate of drug-likeness (QED) is 0.252. The molecule has 0 spiro atoms.